The van der Waals surface area contributed by atoms with E-state index in [0.29, 0.717) is 38.5 Å². The van der Waals surface area contributed by atoms with Crippen LogP contribution < -0.4 is 0 Å². The average molecular weight is 302 g/mol. The quantitative estimate of drug-likeness (QED) is 0.309. The number of hydrogen-bond acceptors (Lipinski definition) is 4. The first kappa shape index (κ1) is 20.1. The third-order valence-corrected chi connectivity index (χ3v) is 3.55. The minimum atomic E-state index is -0.952. The average Bonchev–Trinajstić information content (AvgIpc) is 2.44. The highest BCUT2D eigenvalue weighted by atomic mass is 16.4. The van der Waals surface area contributed by atoms with Gasteiger partial charge in [-0.1, -0.05) is 13.0 Å². The number of rotatable bonds is 13. The second-order valence-corrected chi connectivity index (χ2v) is 5.55. The molecule has 0 aromatic heterocycles. The van der Waals surface area contributed by atoms with Crippen LogP contribution in [-0.4, -0.2) is 44.7 Å². The van der Waals surface area contributed by atoms with Gasteiger partial charge in [-0.05, 0) is 57.8 Å². The molecule has 3 unspecified atom stereocenters. The van der Waals surface area contributed by atoms with Gasteiger partial charge in [0.2, 0.25) is 0 Å². The molecule has 0 bridgehead atoms. The second kappa shape index (κ2) is 12.8. The number of aliphatic hydroxyl groups is 3. The summed E-state index contributed by atoms with van der Waals surface area (Å²) >= 11 is 0. The van der Waals surface area contributed by atoms with Crippen LogP contribution in [0.5, 0.6) is 0 Å². The molecule has 0 amide bonds. The zero-order chi connectivity index (χ0) is 16.1. The fourth-order valence-electron chi connectivity index (χ4n) is 2.12. The molecule has 0 saturated carbocycles. The molecule has 0 saturated heterocycles. The van der Waals surface area contributed by atoms with E-state index in [1.165, 1.54) is 0 Å². The van der Waals surface area contributed by atoms with E-state index in [4.69, 9.17) is 5.11 Å². The van der Waals surface area contributed by atoms with Crippen LogP contribution in [0.2, 0.25) is 0 Å². The van der Waals surface area contributed by atoms with Crippen molar-refractivity contribution in [2.24, 2.45) is 0 Å². The Morgan fingerprint density at radius 1 is 0.905 bits per heavy atom. The number of hydrogen-bond donors (Lipinski definition) is 4. The van der Waals surface area contributed by atoms with Gasteiger partial charge in [-0.25, -0.2) is 4.79 Å². The molecular formula is C16H30O5. The van der Waals surface area contributed by atoms with E-state index < -0.39 is 18.2 Å². The monoisotopic (exact) mass is 302 g/mol. The molecule has 0 aromatic carbocycles. The Morgan fingerprint density at radius 3 is 1.95 bits per heavy atom. The molecule has 0 aliphatic heterocycles. The van der Waals surface area contributed by atoms with Crippen molar-refractivity contribution in [2.45, 2.75) is 83.0 Å². The van der Waals surface area contributed by atoms with Crippen LogP contribution in [0.3, 0.4) is 0 Å². The maximum atomic E-state index is 10.2. The van der Waals surface area contributed by atoms with Gasteiger partial charge in [0.1, 0.15) is 0 Å². The standard InChI is InChI=1S/C16H30O5/c1-2-13(17)8-6-9-15(19)12-11-14(18)7-4-3-5-10-16(20)21/h5,10,13-15,17-19H,2-4,6-9,11-12H2,1H3,(H,20,21). The van der Waals surface area contributed by atoms with Crippen molar-refractivity contribution in [3.8, 4) is 0 Å². The smallest absolute Gasteiger partial charge is 0.327 e. The Hall–Kier alpha value is -0.910. The molecule has 0 rings (SSSR count). The third kappa shape index (κ3) is 13.8. The van der Waals surface area contributed by atoms with Gasteiger partial charge in [-0.15, -0.1) is 0 Å². The summed E-state index contributed by atoms with van der Waals surface area (Å²) in [7, 11) is 0. The lowest BCUT2D eigenvalue weighted by atomic mass is 10.0. The van der Waals surface area contributed by atoms with Crippen molar-refractivity contribution in [3.63, 3.8) is 0 Å². The number of carbonyl (C=O) groups is 1. The van der Waals surface area contributed by atoms with Gasteiger partial charge < -0.3 is 20.4 Å². The number of aliphatic hydroxyl groups excluding tert-OH is 3. The number of aliphatic carboxylic acids is 1. The number of unbranched alkanes of at least 4 members (excludes halogenated alkanes) is 1. The summed E-state index contributed by atoms with van der Waals surface area (Å²) in [5, 5.41) is 37.4. The van der Waals surface area contributed by atoms with E-state index in [2.05, 4.69) is 0 Å². The molecule has 5 heteroatoms. The van der Waals surface area contributed by atoms with Gasteiger partial charge in [0.15, 0.2) is 0 Å². The predicted molar refractivity (Wildman–Crippen MR) is 82.0 cm³/mol. The molecule has 0 radical (unpaired) electrons. The van der Waals surface area contributed by atoms with Crippen molar-refractivity contribution >= 4 is 5.97 Å². The highest BCUT2D eigenvalue weighted by molar-refractivity contribution is 5.79. The highest BCUT2D eigenvalue weighted by Crippen LogP contribution is 2.13. The highest BCUT2D eigenvalue weighted by Gasteiger charge is 2.10. The van der Waals surface area contributed by atoms with Gasteiger partial charge in [-0.2, -0.15) is 0 Å². The summed E-state index contributed by atoms with van der Waals surface area (Å²) in [6.07, 6.45) is 7.58. The number of allylic oxidation sites excluding steroid dienone is 1. The minimum absolute atomic E-state index is 0.276. The molecule has 124 valence electrons. The Morgan fingerprint density at radius 2 is 1.43 bits per heavy atom. The fourth-order valence-corrected chi connectivity index (χ4v) is 2.12. The fraction of sp³-hybridized carbons (Fsp3) is 0.812. The Labute approximate surface area is 127 Å². The largest absolute Gasteiger partial charge is 0.478 e. The van der Waals surface area contributed by atoms with Gasteiger partial charge in [0, 0.05) is 6.08 Å². The molecule has 5 nitrogen and oxygen atoms in total. The van der Waals surface area contributed by atoms with E-state index in [-0.39, 0.29) is 6.10 Å². The summed E-state index contributed by atoms with van der Waals surface area (Å²) in [5.74, 6) is -0.952. The first-order valence-corrected chi connectivity index (χ1v) is 7.89. The Kier molecular flexibility index (Phi) is 12.2. The maximum Gasteiger partial charge on any atom is 0.327 e. The molecular weight excluding hydrogens is 272 g/mol. The van der Waals surface area contributed by atoms with Crippen molar-refractivity contribution in [1.82, 2.24) is 0 Å². The van der Waals surface area contributed by atoms with Crippen LogP contribution >= 0.6 is 0 Å². The van der Waals surface area contributed by atoms with Crippen LogP contribution in [0.25, 0.3) is 0 Å². The van der Waals surface area contributed by atoms with Gasteiger partial charge in [0.25, 0.3) is 0 Å². The van der Waals surface area contributed by atoms with Gasteiger partial charge in [-0.3, -0.25) is 0 Å². The lowest BCUT2D eigenvalue weighted by molar-refractivity contribution is -0.131. The summed E-state index contributed by atoms with van der Waals surface area (Å²) in [6.45, 7) is 1.93. The Balaban J connectivity index is 3.54. The lowest BCUT2D eigenvalue weighted by Crippen LogP contribution is -2.14. The lowest BCUT2D eigenvalue weighted by Gasteiger charge is -2.14. The van der Waals surface area contributed by atoms with Gasteiger partial charge >= 0.3 is 5.97 Å². The second-order valence-electron chi connectivity index (χ2n) is 5.55. The SMILES string of the molecule is CCC(O)CCCC(O)CCC(O)CCCC=CC(=O)O. The molecule has 0 aliphatic rings. The van der Waals surface area contributed by atoms with Crippen molar-refractivity contribution in [3.05, 3.63) is 12.2 Å². The zero-order valence-corrected chi connectivity index (χ0v) is 12.9. The first-order chi connectivity index (χ1) is 9.95. The van der Waals surface area contributed by atoms with E-state index >= 15 is 0 Å². The molecule has 4 N–H and O–H groups in total. The molecule has 0 heterocycles. The molecule has 0 fully saturated rings. The molecule has 3 atom stereocenters. The number of carboxylic acids is 1. The minimum Gasteiger partial charge on any atom is -0.478 e. The van der Waals surface area contributed by atoms with E-state index in [0.717, 1.165) is 25.3 Å². The molecule has 21 heavy (non-hydrogen) atoms. The van der Waals surface area contributed by atoms with Crippen LogP contribution in [0.15, 0.2) is 12.2 Å². The summed E-state index contributed by atoms with van der Waals surface area (Å²) in [6, 6.07) is 0. The molecule has 0 aliphatic carbocycles. The first-order valence-electron chi connectivity index (χ1n) is 7.89. The zero-order valence-electron chi connectivity index (χ0n) is 12.9. The van der Waals surface area contributed by atoms with Gasteiger partial charge in [0.05, 0.1) is 18.3 Å². The Bertz CT molecular complexity index is 290. The van der Waals surface area contributed by atoms with Crippen LogP contribution in [0, 0.1) is 0 Å². The third-order valence-electron chi connectivity index (χ3n) is 3.55. The summed E-state index contributed by atoms with van der Waals surface area (Å²) in [4.78, 5) is 10.2. The van der Waals surface area contributed by atoms with Crippen molar-refractivity contribution in [1.29, 1.82) is 0 Å². The van der Waals surface area contributed by atoms with Crippen LogP contribution in [0.4, 0.5) is 0 Å². The maximum absolute atomic E-state index is 10.2. The van der Waals surface area contributed by atoms with Crippen molar-refractivity contribution in [2.75, 3.05) is 0 Å². The van der Waals surface area contributed by atoms with Crippen molar-refractivity contribution < 1.29 is 25.2 Å². The molecule has 0 aromatic rings. The topological polar surface area (TPSA) is 98.0 Å². The van der Waals surface area contributed by atoms with E-state index in [1.54, 1.807) is 6.08 Å². The molecule has 0 spiro atoms. The van der Waals surface area contributed by atoms with E-state index in [1.807, 2.05) is 6.92 Å². The predicted octanol–water partition coefficient (Wildman–Crippen LogP) is 2.24. The summed E-state index contributed by atoms with van der Waals surface area (Å²) < 4.78 is 0. The normalized spacial score (nSPS) is 16.0. The number of carboxylic acid groups (broad SMARTS) is 1. The van der Waals surface area contributed by atoms with Crippen LogP contribution in [0.1, 0.15) is 64.7 Å². The van der Waals surface area contributed by atoms with Crippen LogP contribution in [-0.2, 0) is 4.79 Å². The van der Waals surface area contributed by atoms with E-state index in [9.17, 15) is 20.1 Å². The summed E-state index contributed by atoms with van der Waals surface area (Å²) in [5.41, 5.74) is 0.